The van der Waals surface area contributed by atoms with E-state index in [1.165, 1.54) is 11.3 Å². The summed E-state index contributed by atoms with van der Waals surface area (Å²) in [5.74, 6) is 0.629. The number of aromatic nitrogens is 4. The number of anilines is 2. The molecule has 1 amide bonds. The first-order valence-corrected chi connectivity index (χ1v) is 9.93. The number of ether oxygens (including phenoxy) is 1. The van der Waals surface area contributed by atoms with E-state index in [2.05, 4.69) is 30.6 Å². The molecule has 1 saturated heterocycles. The van der Waals surface area contributed by atoms with Gasteiger partial charge in [-0.2, -0.15) is 0 Å². The molecule has 0 unspecified atom stereocenters. The lowest BCUT2D eigenvalue weighted by atomic mass is 10.1. The van der Waals surface area contributed by atoms with Crippen LogP contribution in [0.25, 0.3) is 0 Å². The number of amides is 1. The molecule has 1 aliphatic rings. The lowest BCUT2D eigenvalue weighted by Crippen LogP contribution is -2.25. The van der Waals surface area contributed by atoms with E-state index in [-0.39, 0.29) is 18.4 Å². The Bertz CT molecular complexity index is 937. The van der Waals surface area contributed by atoms with E-state index in [4.69, 9.17) is 16.3 Å². The van der Waals surface area contributed by atoms with Gasteiger partial charge in [-0.1, -0.05) is 47.0 Å². The quantitative estimate of drug-likeness (QED) is 0.660. The van der Waals surface area contributed by atoms with Crippen LogP contribution in [0.15, 0.2) is 42.5 Å². The molecule has 1 fully saturated rings. The van der Waals surface area contributed by atoms with Crippen LogP contribution in [0.4, 0.5) is 10.9 Å². The molecule has 2 aromatic heterocycles. The fourth-order valence-corrected chi connectivity index (χ4v) is 3.68. The van der Waals surface area contributed by atoms with Crippen LogP contribution in [0.3, 0.4) is 0 Å². The summed E-state index contributed by atoms with van der Waals surface area (Å²) in [6, 6.07) is 13.1. The molecule has 1 atom stereocenters. The smallest absolute Gasteiger partial charge is 0.296 e. The Hall–Kier alpha value is -2.78. The van der Waals surface area contributed by atoms with Gasteiger partial charge in [0.2, 0.25) is 11.0 Å². The van der Waals surface area contributed by atoms with Crippen molar-refractivity contribution in [2.45, 2.75) is 18.9 Å². The predicted molar refractivity (Wildman–Crippen MR) is 107 cm³/mol. The van der Waals surface area contributed by atoms with Crippen molar-refractivity contribution in [1.82, 2.24) is 20.4 Å². The number of hydrogen-bond acceptors (Lipinski definition) is 8. The maximum atomic E-state index is 12.1. The van der Waals surface area contributed by atoms with Crippen LogP contribution in [-0.4, -0.2) is 45.5 Å². The standard InChI is InChI=1S/C18H17ClN6O2S/c19-14-6-7-15(22-21-14)25-9-8-13(11-25)27-18-24-23-17(28-18)20-16(26)10-12-4-2-1-3-5-12/h1-7,13H,8-11H2,(H,20,23,26)/t13-/m0/s1. The third kappa shape index (κ3) is 4.73. The first-order valence-electron chi connectivity index (χ1n) is 8.74. The molecule has 0 spiro atoms. The van der Waals surface area contributed by atoms with E-state index < -0.39 is 0 Å². The summed E-state index contributed by atoms with van der Waals surface area (Å²) in [7, 11) is 0. The molecule has 10 heteroatoms. The molecule has 8 nitrogen and oxygen atoms in total. The molecule has 0 aliphatic carbocycles. The van der Waals surface area contributed by atoms with Gasteiger partial charge < -0.3 is 15.0 Å². The molecule has 0 bridgehead atoms. The van der Waals surface area contributed by atoms with Gasteiger partial charge >= 0.3 is 0 Å². The Labute approximate surface area is 170 Å². The van der Waals surface area contributed by atoms with Gasteiger partial charge in [0.1, 0.15) is 6.10 Å². The van der Waals surface area contributed by atoms with Gasteiger partial charge in [-0.25, -0.2) is 0 Å². The molecule has 4 rings (SSSR count). The van der Waals surface area contributed by atoms with Crippen LogP contribution in [0.5, 0.6) is 5.19 Å². The molecule has 0 saturated carbocycles. The normalized spacial score (nSPS) is 16.2. The SMILES string of the molecule is O=C(Cc1ccccc1)Nc1nnc(O[C@H]2CCN(c3ccc(Cl)nn3)C2)s1. The molecule has 1 aliphatic heterocycles. The first-order chi connectivity index (χ1) is 13.7. The highest BCUT2D eigenvalue weighted by Gasteiger charge is 2.26. The fourth-order valence-electron chi connectivity index (χ4n) is 2.91. The number of rotatable bonds is 6. The minimum atomic E-state index is -0.137. The van der Waals surface area contributed by atoms with E-state index in [1.54, 1.807) is 6.07 Å². The second kappa shape index (κ2) is 8.49. The zero-order chi connectivity index (χ0) is 19.3. The van der Waals surface area contributed by atoms with E-state index in [9.17, 15) is 4.79 Å². The van der Waals surface area contributed by atoms with Crippen LogP contribution < -0.4 is 15.0 Å². The number of benzene rings is 1. The number of nitrogens with zero attached hydrogens (tertiary/aromatic N) is 5. The molecule has 3 heterocycles. The molecule has 1 N–H and O–H groups in total. The molecule has 144 valence electrons. The number of carbonyl (C=O) groups excluding carboxylic acids is 1. The van der Waals surface area contributed by atoms with E-state index in [1.807, 2.05) is 36.4 Å². The van der Waals surface area contributed by atoms with Crippen molar-refractivity contribution >= 4 is 39.8 Å². The molecular weight excluding hydrogens is 400 g/mol. The maximum Gasteiger partial charge on any atom is 0.296 e. The van der Waals surface area contributed by atoms with Crippen molar-refractivity contribution in [2.24, 2.45) is 0 Å². The zero-order valence-electron chi connectivity index (χ0n) is 14.8. The van der Waals surface area contributed by atoms with Crippen LogP contribution in [-0.2, 0) is 11.2 Å². The largest absolute Gasteiger partial charge is 0.464 e. The number of carbonyl (C=O) groups is 1. The summed E-state index contributed by atoms with van der Waals surface area (Å²) in [6.45, 7) is 1.48. The summed E-state index contributed by atoms with van der Waals surface area (Å²) in [5.41, 5.74) is 0.942. The summed E-state index contributed by atoms with van der Waals surface area (Å²) in [4.78, 5) is 14.2. The number of nitrogens with one attached hydrogen (secondary N) is 1. The first kappa shape index (κ1) is 18.6. The Balaban J connectivity index is 1.29. The maximum absolute atomic E-state index is 12.1. The average molecular weight is 417 g/mol. The Morgan fingerprint density at radius 1 is 1.18 bits per heavy atom. The van der Waals surface area contributed by atoms with Crippen LogP contribution in [0.1, 0.15) is 12.0 Å². The highest BCUT2D eigenvalue weighted by Crippen LogP contribution is 2.27. The van der Waals surface area contributed by atoms with E-state index in [0.29, 0.717) is 22.0 Å². The highest BCUT2D eigenvalue weighted by molar-refractivity contribution is 7.17. The van der Waals surface area contributed by atoms with Gasteiger partial charge in [-0.15, -0.1) is 15.3 Å². The molecule has 1 aromatic carbocycles. The second-order valence-electron chi connectivity index (χ2n) is 6.27. The van der Waals surface area contributed by atoms with Crippen molar-refractivity contribution in [1.29, 1.82) is 0 Å². The highest BCUT2D eigenvalue weighted by atomic mass is 35.5. The minimum Gasteiger partial charge on any atom is -0.464 e. The fraction of sp³-hybridized carbons (Fsp3) is 0.278. The molecule has 0 radical (unpaired) electrons. The topological polar surface area (TPSA) is 93.1 Å². The molecular formula is C18H17ClN6O2S. The lowest BCUT2D eigenvalue weighted by molar-refractivity contribution is -0.115. The van der Waals surface area contributed by atoms with Gasteiger partial charge in [0, 0.05) is 13.0 Å². The van der Waals surface area contributed by atoms with Gasteiger partial charge in [0.15, 0.2) is 11.0 Å². The third-order valence-corrected chi connectivity index (χ3v) is 5.15. The van der Waals surface area contributed by atoms with Gasteiger partial charge in [-0.05, 0) is 29.0 Å². The Morgan fingerprint density at radius 3 is 2.82 bits per heavy atom. The minimum absolute atomic E-state index is 0.0294. The average Bonchev–Trinajstić information content (AvgIpc) is 3.33. The summed E-state index contributed by atoms with van der Waals surface area (Å²) >= 11 is 6.99. The number of halogens is 1. The van der Waals surface area contributed by atoms with Crippen molar-refractivity contribution in [3.05, 3.63) is 53.2 Å². The van der Waals surface area contributed by atoms with Crippen molar-refractivity contribution in [2.75, 3.05) is 23.3 Å². The van der Waals surface area contributed by atoms with Crippen molar-refractivity contribution in [3.8, 4) is 5.19 Å². The van der Waals surface area contributed by atoms with Gasteiger partial charge in [0.25, 0.3) is 5.19 Å². The summed E-state index contributed by atoms with van der Waals surface area (Å²) < 4.78 is 5.91. The van der Waals surface area contributed by atoms with E-state index >= 15 is 0 Å². The Morgan fingerprint density at radius 2 is 2.04 bits per heavy atom. The number of hydrogen-bond donors (Lipinski definition) is 1. The van der Waals surface area contributed by atoms with Gasteiger partial charge in [-0.3, -0.25) is 4.79 Å². The lowest BCUT2D eigenvalue weighted by Gasteiger charge is -2.16. The summed E-state index contributed by atoms with van der Waals surface area (Å²) in [5, 5.41) is 19.9. The summed E-state index contributed by atoms with van der Waals surface area (Å²) in [6.07, 6.45) is 1.09. The van der Waals surface area contributed by atoms with Crippen LogP contribution >= 0.6 is 22.9 Å². The predicted octanol–water partition coefficient (Wildman–Crippen LogP) is 2.82. The van der Waals surface area contributed by atoms with E-state index in [0.717, 1.165) is 24.3 Å². The molecule has 28 heavy (non-hydrogen) atoms. The third-order valence-electron chi connectivity index (χ3n) is 4.21. The molecule has 3 aromatic rings. The second-order valence-corrected chi connectivity index (χ2v) is 7.60. The van der Waals surface area contributed by atoms with Crippen LogP contribution in [0.2, 0.25) is 5.15 Å². The van der Waals surface area contributed by atoms with Gasteiger partial charge in [0.05, 0.1) is 13.0 Å². The van der Waals surface area contributed by atoms with Crippen molar-refractivity contribution < 1.29 is 9.53 Å². The van der Waals surface area contributed by atoms with Crippen LogP contribution in [0, 0.1) is 0 Å². The zero-order valence-corrected chi connectivity index (χ0v) is 16.4. The monoisotopic (exact) mass is 416 g/mol. The van der Waals surface area contributed by atoms with Crippen molar-refractivity contribution in [3.63, 3.8) is 0 Å². The Kier molecular flexibility index (Phi) is 5.63.